The molecular formula is C16H20N4O3. The Hall–Kier alpha value is -2.44. The zero-order valence-electron chi connectivity index (χ0n) is 13.8. The fourth-order valence-electron chi connectivity index (χ4n) is 2.85. The molecule has 0 bridgehead atoms. The van der Waals surface area contributed by atoms with Crippen molar-refractivity contribution in [2.45, 2.75) is 40.2 Å². The molecule has 7 nitrogen and oxygen atoms in total. The minimum absolute atomic E-state index is 0.0614. The lowest BCUT2D eigenvalue weighted by Gasteiger charge is -2.16. The number of hydrogen-bond acceptors (Lipinski definition) is 6. The van der Waals surface area contributed by atoms with E-state index in [4.69, 9.17) is 9.26 Å². The van der Waals surface area contributed by atoms with Gasteiger partial charge in [0.15, 0.2) is 0 Å². The Morgan fingerprint density at radius 1 is 1.26 bits per heavy atom. The Labute approximate surface area is 134 Å². The SMILES string of the molecule is Cc1cc(C)nc(O[C@H]2CCN(C(=O)c3c(C)noc3C)C2)n1. The number of likely N-dealkylation sites (tertiary alicyclic amines) is 1. The minimum Gasteiger partial charge on any atom is -0.458 e. The number of carbonyl (C=O) groups is 1. The van der Waals surface area contributed by atoms with Crippen LogP contribution in [0.5, 0.6) is 6.01 Å². The smallest absolute Gasteiger partial charge is 0.317 e. The van der Waals surface area contributed by atoms with Gasteiger partial charge in [-0.3, -0.25) is 4.79 Å². The van der Waals surface area contributed by atoms with Gasteiger partial charge in [0, 0.05) is 24.4 Å². The second kappa shape index (κ2) is 5.98. The van der Waals surface area contributed by atoms with E-state index in [2.05, 4.69) is 15.1 Å². The van der Waals surface area contributed by atoms with Gasteiger partial charge >= 0.3 is 6.01 Å². The summed E-state index contributed by atoms with van der Waals surface area (Å²) < 4.78 is 10.9. The lowest BCUT2D eigenvalue weighted by Crippen LogP contribution is -2.31. The lowest BCUT2D eigenvalue weighted by atomic mass is 10.2. The van der Waals surface area contributed by atoms with Crippen LogP contribution in [0.3, 0.4) is 0 Å². The number of aromatic nitrogens is 3. The molecule has 2 aromatic rings. The van der Waals surface area contributed by atoms with E-state index in [1.807, 2.05) is 19.9 Å². The van der Waals surface area contributed by atoms with Crippen molar-refractivity contribution in [3.63, 3.8) is 0 Å². The van der Waals surface area contributed by atoms with Crippen molar-refractivity contribution in [2.75, 3.05) is 13.1 Å². The standard InChI is InChI=1S/C16H20N4O3/c1-9-7-10(2)18-16(17-9)22-13-5-6-20(8-13)15(21)14-11(3)19-23-12(14)4/h7,13H,5-6,8H2,1-4H3/t13-/m0/s1. The predicted octanol–water partition coefficient (Wildman–Crippen LogP) is 1.99. The average Bonchev–Trinajstić information content (AvgIpc) is 3.04. The van der Waals surface area contributed by atoms with Gasteiger partial charge in [0.05, 0.1) is 12.2 Å². The summed E-state index contributed by atoms with van der Waals surface area (Å²) in [6.07, 6.45) is 0.659. The average molecular weight is 316 g/mol. The first-order valence-corrected chi connectivity index (χ1v) is 7.65. The van der Waals surface area contributed by atoms with E-state index in [1.165, 1.54) is 0 Å². The second-order valence-corrected chi connectivity index (χ2v) is 5.91. The predicted molar refractivity (Wildman–Crippen MR) is 82.4 cm³/mol. The van der Waals surface area contributed by atoms with Gasteiger partial charge in [0.1, 0.15) is 17.4 Å². The van der Waals surface area contributed by atoms with Crippen molar-refractivity contribution in [2.24, 2.45) is 0 Å². The third kappa shape index (κ3) is 3.18. The number of rotatable bonds is 3. The summed E-state index contributed by atoms with van der Waals surface area (Å²) in [5, 5.41) is 3.84. The number of amides is 1. The number of carbonyl (C=O) groups excluding carboxylic acids is 1. The molecule has 23 heavy (non-hydrogen) atoms. The van der Waals surface area contributed by atoms with E-state index in [0.717, 1.165) is 17.8 Å². The minimum atomic E-state index is -0.0966. The molecule has 1 saturated heterocycles. The van der Waals surface area contributed by atoms with Crippen molar-refractivity contribution in [1.82, 2.24) is 20.0 Å². The van der Waals surface area contributed by atoms with Gasteiger partial charge in [-0.15, -0.1) is 0 Å². The molecule has 0 unspecified atom stereocenters. The van der Waals surface area contributed by atoms with E-state index >= 15 is 0 Å². The van der Waals surface area contributed by atoms with Crippen LogP contribution in [0.25, 0.3) is 0 Å². The van der Waals surface area contributed by atoms with Gasteiger partial charge in [-0.1, -0.05) is 5.16 Å². The van der Waals surface area contributed by atoms with Gasteiger partial charge in [0.2, 0.25) is 0 Å². The van der Waals surface area contributed by atoms with Crippen LogP contribution in [0.2, 0.25) is 0 Å². The zero-order valence-corrected chi connectivity index (χ0v) is 13.8. The van der Waals surface area contributed by atoms with E-state index in [1.54, 1.807) is 18.7 Å². The van der Waals surface area contributed by atoms with Crippen molar-refractivity contribution < 1.29 is 14.1 Å². The molecule has 1 aliphatic heterocycles. The van der Waals surface area contributed by atoms with Crippen molar-refractivity contribution >= 4 is 5.91 Å². The van der Waals surface area contributed by atoms with Crippen LogP contribution in [0, 0.1) is 27.7 Å². The summed E-state index contributed by atoms with van der Waals surface area (Å²) in [6, 6.07) is 2.27. The topological polar surface area (TPSA) is 81.4 Å². The maximum absolute atomic E-state index is 12.6. The summed E-state index contributed by atoms with van der Waals surface area (Å²) in [5.41, 5.74) is 2.91. The summed E-state index contributed by atoms with van der Waals surface area (Å²) in [4.78, 5) is 22.9. The van der Waals surface area contributed by atoms with E-state index < -0.39 is 0 Å². The highest BCUT2D eigenvalue weighted by Crippen LogP contribution is 2.21. The number of nitrogens with zero attached hydrogens (tertiary/aromatic N) is 4. The monoisotopic (exact) mass is 316 g/mol. The molecule has 1 aliphatic rings. The number of aryl methyl sites for hydroxylation is 4. The molecule has 122 valence electrons. The highest BCUT2D eigenvalue weighted by molar-refractivity contribution is 5.96. The van der Waals surface area contributed by atoms with E-state index in [-0.39, 0.29) is 12.0 Å². The van der Waals surface area contributed by atoms with Crippen LogP contribution in [0.15, 0.2) is 10.6 Å². The van der Waals surface area contributed by atoms with Gasteiger partial charge in [-0.2, -0.15) is 0 Å². The first-order chi connectivity index (χ1) is 10.9. The lowest BCUT2D eigenvalue weighted by molar-refractivity contribution is 0.0767. The maximum atomic E-state index is 12.6. The quantitative estimate of drug-likeness (QED) is 0.861. The highest BCUT2D eigenvalue weighted by atomic mass is 16.5. The van der Waals surface area contributed by atoms with Crippen LogP contribution in [0.1, 0.15) is 39.6 Å². The van der Waals surface area contributed by atoms with Crippen LogP contribution >= 0.6 is 0 Å². The molecule has 1 atom stereocenters. The summed E-state index contributed by atoms with van der Waals surface area (Å²) in [5.74, 6) is 0.489. The Kier molecular flexibility index (Phi) is 4.02. The van der Waals surface area contributed by atoms with Crippen molar-refractivity contribution in [3.05, 3.63) is 34.5 Å². The van der Waals surface area contributed by atoms with Crippen LogP contribution < -0.4 is 4.74 Å². The largest absolute Gasteiger partial charge is 0.458 e. The molecule has 0 saturated carbocycles. The fraction of sp³-hybridized carbons (Fsp3) is 0.500. The van der Waals surface area contributed by atoms with E-state index in [0.29, 0.717) is 36.1 Å². The molecule has 3 rings (SSSR count). The van der Waals surface area contributed by atoms with Crippen molar-refractivity contribution in [3.8, 4) is 6.01 Å². The van der Waals surface area contributed by atoms with Crippen molar-refractivity contribution in [1.29, 1.82) is 0 Å². The van der Waals surface area contributed by atoms with Gasteiger partial charge in [-0.25, -0.2) is 9.97 Å². The molecule has 7 heteroatoms. The Morgan fingerprint density at radius 2 is 1.96 bits per heavy atom. The first-order valence-electron chi connectivity index (χ1n) is 7.65. The third-order valence-electron chi connectivity index (χ3n) is 3.91. The Morgan fingerprint density at radius 3 is 2.57 bits per heavy atom. The molecule has 0 spiro atoms. The molecule has 1 fully saturated rings. The summed E-state index contributed by atoms with van der Waals surface area (Å²) >= 11 is 0. The molecule has 0 N–H and O–H groups in total. The summed E-state index contributed by atoms with van der Waals surface area (Å²) in [7, 11) is 0. The third-order valence-corrected chi connectivity index (χ3v) is 3.91. The summed E-state index contributed by atoms with van der Waals surface area (Å²) in [6.45, 7) is 8.49. The molecule has 2 aromatic heterocycles. The Balaban J connectivity index is 1.68. The number of ether oxygens (including phenoxy) is 1. The van der Waals surface area contributed by atoms with Gasteiger partial charge in [-0.05, 0) is 33.8 Å². The molecule has 0 radical (unpaired) electrons. The van der Waals surface area contributed by atoms with Crippen LogP contribution in [0.4, 0.5) is 0 Å². The zero-order chi connectivity index (χ0) is 16.6. The van der Waals surface area contributed by atoms with Crippen LogP contribution in [-0.4, -0.2) is 45.1 Å². The van der Waals surface area contributed by atoms with E-state index in [9.17, 15) is 4.79 Å². The Bertz CT molecular complexity index is 701. The molecular weight excluding hydrogens is 296 g/mol. The van der Waals surface area contributed by atoms with Crippen LogP contribution in [-0.2, 0) is 0 Å². The molecule has 1 amide bonds. The van der Waals surface area contributed by atoms with Gasteiger partial charge in [0.25, 0.3) is 5.91 Å². The molecule has 0 aliphatic carbocycles. The number of hydrogen-bond donors (Lipinski definition) is 0. The molecule has 0 aromatic carbocycles. The second-order valence-electron chi connectivity index (χ2n) is 5.91. The normalized spacial score (nSPS) is 17.6. The first kappa shape index (κ1) is 15.5. The fourth-order valence-corrected chi connectivity index (χ4v) is 2.85. The highest BCUT2D eigenvalue weighted by Gasteiger charge is 2.31. The molecule has 3 heterocycles. The maximum Gasteiger partial charge on any atom is 0.317 e. The van der Waals surface area contributed by atoms with Gasteiger partial charge < -0.3 is 14.2 Å².